The number of amides is 1. The summed E-state index contributed by atoms with van der Waals surface area (Å²) in [5.74, 6) is 1.35. The van der Waals surface area contributed by atoms with Gasteiger partial charge in [0, 0.05) is 25.5 Å². The van der Waals surface area contributed by atoms with Crippen molar-refractivity contribution in [2.24, 2.45) is 11.8 Å². The van der Waals surface area contributed by atoms with Crippen LogP contribution in [0.25, 0.3) is 5.69 Å². The highest BCUT2D eigenvalue weighted by Gasteiger charge is 2.29. The highest BCUT2D eigenvalue weighted by molar-refractivity contribution is 5.91. The van der Waals surface area contributed by atoms with Crippen LogP contribution in [-0.4, -0.2) is 35.8 Å². The number of methoxy groups -OCH3 is 1. The van der Waals surface area contributed by atoms with E-state index in [1.54, 1.807) is 42.4 Å². The minimum Gasteiger partial charge on any atom is -0.490 e. The number of carbonyl (C=O) groups excluding carboxylic acids is 1. The molecule has 1 heterocycles. The molecule has 30 heavy (non-hydrogen) atoms. The molecule has 1 aliphatic rings. The van der Waals surface area contributed by atoms with Gasteiger partial charge in [-0.1, -0.05) is 0 Å². The van der Waals surface area contributed by atoms with Gasteiger partial charge in [0.2, 0.25) is 5.91 Å². The van der Waals surface area contributed by atoms with Gasteiger partial charge < -0.3 is 19.4 Å². The average Bonchev–Trinajstić information content (AvgIpc) is 3.42. The maximum atomic E-state index is 12.6. The molecular formula is C22H25N5O3. The zero-order chi connectivity index (χ0) is 21.3. The number of anilines is 1. The Labute approximate surface area is 176 Å². The molecule has 8 nitrogen and oxygen atoms in total. The normalized spacial score (nSPS) is 17.8. The van der Waals surface area contributed by atoms with Crippen LogP contribution in [-0.2, 0) is 9.53 Å². The number of nitriles is 2. The number of rotatable bonds is 9. The summed E-state index contributed by atoms with van der Waals surface area (Å²) in [6.45, 7) is 0.769. The fraction of sp³-hybridized carbons (Fsp3) is 0.455. The average molecular weight is 407 g/mol. The van der Waals surface area contributed by atoms with Gasteiger partial charge in [-0.05, 0) is 43.7 Å². The Balaban J connectivity index is 1.63. The Bertz CT molecular complexity index is 956. The zero-order valence-corrected chi connectivity index (χ0v) is 17.0. The molecule has 156 valence electrons. The van der Waals surface area contributed by atoms with Crippen molar-refractivity contribution in [1.29, 1.82) is 10.5 Å². The molecular weight excluding hydrogens is 382 g/mol. The summed E-state index contributed by atoms with van der Waals surface area (Å²) in [6.07, 6.45) is 7.42. The van der Waals surface area contributed by atoms with E-state index in [2.05, 4.69) is 22.4 Å². The van der Waals surface area contributed by atoms with Crippen LogP contribution >= 0.6 is 0 Å². The minimum atomic E-state index is -0.0328. The molecule has 0 bridgehead atoms. The van der Waals surface area contributed by atoms with Crippen LogP contribution in [0.3, 0.4) is 0 Å². The van der Waals surface area contributed by atoms with Gasteiger partial charge in [0.15, 0.2) is 5.82 Å². The number of benzene rings is 1. The molecule has 3 rings (SSSR count). The molecule has 1 aromatic heterocycles. The van der Waals surface area contributed by atoms with Gasteiger partial charge in [0.1, 0.15) is 24.8 Å². The number of carbonyl (C=O) groups is 1. The van der Waals surface area contributed by atoms with Gasteiger partial charge in [0.25, 0.3) is 0 Å². The number of hydrogen-bond acceptors (Lipinski definition) is 6. The topological polar surface area (TPSA) is 113 Å². The first-order valence-corrected chi connectivity index (χ1v) is 10.0. The number of ether oxygens (including phenoxy) is 2. The lowest BCUT2D eigenvalue weighted by Gasteiger charge is -2.10. The van der Waals surface area contributed by atoms with Crippen LogP contribution in [0.4, 0.5) is 5.82 Å². The Morgan fingerprint density at radius 1 is 1.33 bits per heavy atom. The Kier molecular flexibility index (Phi) is 7.42. The Morgan fingerprint density at radius 3 is 2.97 bits per heavy atom. The lowest BCUT2D eigenvalue weighted by Crippen LogP contribution is -2.21. The van der Waals surface area contributed by atoms with Crippen LogP contribution in [0.5, 0.6) is 5.75 Å². The van der Waals surface area contributed by atoms with Gasteiger partial charge in [0.05, 0.1) is 30.1 Å². The quantitative estimate of drug-likeness (QED) is 0.637. The van der Waals surface area contributed by atoms with Crippen molar-refractivity contribution in [3.05, 3.63) is 36.3 Å². The van der Waals surface area contributed by atoms with Gasteiger partial charge >= 0.3 is 0 Å². The van der Waals surface area contributed by atoms with Crippen molar-refractivity contribution in [3.63, 3.8) is 0 Å². The Hall–Kier alpha value is -3.36. The fourth-order valence-electron chi connectivity index (χ4n) is 3.72. The van der Waals surface area contributed by atoms with E-state index < -0.39 is 0 Å². The molecule has 1 aliphatic carbocycles. The summed E-state index contributed by atoms with van der Waals surface area (Å²) < 4.78 is 12.4. The first kappa shape index (κ1) is 21.4. The van der Waals surface area contributed by atoms with Gasteiger partial charge in [-0.25, -0.2) is 4.98 Å². The first-order valence-electron chi connectivity index (χ1n) is 10.0. The van der Waals surface area contributed by atoms with E-state index in [4.69, 9.17) is 14.7 Å². The van der Waals surface area contributed by atoms with E-state index >= 15 is 0 Å². The molecule has 0 saturated heterocycles. The predicted molar refractivity (Wildman–Crippen MR) is 110 cm³/mol. The smallest absolute Gasteiger partial charge is 0.228 e. The fourth-order valence-corrected chi connectivity index (χ4v) is 3.72. The lowest BCUT2D eigenvalue weighted by atomic mass is 10.00. The number of nitrogens with zero attached hydrogens (tertiary/aromatic N) is 4. The highest BCUT2D eigenvalue weighted by atomic mass is 16.5. The van der Waals surface area contributed by atoms with Crippen molar-refractivity contribution in [1.82, 2.24) is 9.55 Å². The molecule has 0 spiro atoms. The molecule has 2 aromatic rings. The molecule has 2 atom stereocenters. The molecule has 0 radical (unpaired) electrons. The zero-order valence-electron chi connectivity index (χ0n) is 17.0. The molecule has 1 N–H and O–H groups in total. The molecule has 8 heteroatoms. The van der Waals surface area contributed by atoms with Gasteiger partial charge in [-0.3, -0.25) is 4.79 Å². The summed E-state index contributed by atoms with van der Waals surface area (Å²) in [7, 11) is 1.59. The first-order chi connectivity index (χ1) is 14.6. The third-order valence-corrected chi connectivity index (χ3v) is 5.34. The second-order valence-electron chi connectivity index (χ2n) is 7.36. The van der Waals surface area contributed by atoms with Crippen molar-refractivity contribution >= 4 is 11.7 Å². The van der Waals surface area contributed by atoms with E-state index in [0.29, 0.717) is 42.7 Å². The van der Waals surface area contributed by atoms with Crippen LogP contribution < -0.4 is 10.1 Å². The van der Waals surface area contributed by atoms with Crippen molar-refractivity contribution in [2.75, 3.05) is 25.6 Å². The summed E-state index contributed by atoms with van der Waals surface area (Å²) in [6, 6.07) is 9.54. The molecule has 1 saturated carbocycles. The summed E-state index contributed by atoms with van der Waals surface area (Å²) in [5, 5.41) is 20.9. The summed E-state index contributed by atoms with van der Waals surface area (Å²) >= 11 is 0. The molecule has 1 aromatic carbocycles. The maximum Gasteiger partial charge on any atom is 0.228 e. The van der Waals surface area contributed by atoms with Crippen LogP contribution in [0.2, 0.25) is 0 Å². The van der Waals surface area contributed by atoms with Gasteiger partial charge in [-0.15, -0.1) is 0 Å². The maximum absolute atomic E-state index is 12.6. The predicted octanol–water partition coefficient (Wildman–Crippen LogP) is 3.43. The summed E-state index contributed by atoms with van der Waals surface area (Å²) in [4.78, 5) is 16.9. The third kappa shape index (κ3) is 5.37. The van der Waals surface area contributed by atoms with Crippen molar-refractivity contribution in [2.45, 2.75) is 32.1 Å². The highest BCUT2D eigenvalue weighted by Crippen LogP contribution is 2.34. The van der Waals surface area contributed by atoms with Crippen LogP contribution in [0, 0.1) is 34.5 Å². The monoisotopic (exact) mass is 407 g/mol. The Morgan fingerprint density at radius 2 is 2.20 bits per heavy atom. The standard InChI is InChI=1S/C22H25N5O3/c1-29-9-10-30-20-12-19(7-6-18(20)13-24)27-14-21(25-15-27)26-22(28)17-5-4-16(11-17)3-2-8-23/h6-7,12,14-17H,2-5,9-11H2,1H3,(H,26,28)/t16?,17-/m0/s1. The van der Waals surface area contributed by atoms with E-state index in [0.717, 1.165) is 31.4 Å². The minimum absolute atomic E-state index is 0.0249. The van der Waals surface area contributed by atoms with E-state index in [1.807, 2.05) is 0 Å². The van der Waals surface area contributed by atoms with Crippen molar-refractivity contribution in [3.8, 4) is 23.6 Å². The van der Waals surface area contributed by atoms with Crippen molar-refractivity contribution < 1.29 is 14.3 Å². The van der Waals surface area contributed by atoms with Crippen LogP contribution in [0.15, 0.2) is 30.7 Å². The molecule has 1 fully saturated rings. The SMILES string of the molecule is COCCOc1cc(-n2cnc(NC(=O)[C@H]3CCC(CCC#N)C3)c2)ccc1C#N. The summed E-state index contributed by atoms with van der Waals surface area (Å²) in [5.41, 5.74) is 1.21. The second-order valence-corrected chi connectivity index (χ2v) is 7.36. The molecule has 1 amide bonds. The number of nitrogens with one attached hydrogen (secondary N) is 1. The third-order valence-electron chi connectivity index (χ3n) is 5.34. The van der Waals surface area contributed by atoms with E-state index in [-0.39, 0.29) is 11.8 Å². The molecule has 0 aliphatic heterocycles. The number of imidazole rings is 1. The van der Waals surface area contributed by atoms with E-state index in [1.165, 1.54) is 0 Å². The lowest BCUT2D eigenvalue weighted by molar-refractivity contribution is -0.119. The molecule has 1 unspecified atom stereocenters. The second kappa shape index (κ2) is 10.4. The largest absolute Gasteiger partial charge is 0.490 e. The van der Waals surface area contributed by atoms with Gasteiger partial charge in [-0.2, -0.15) is 10.5 Å². The number of aromatic nitrogens is 2. The number of hydrogen-bond donors (Lipinski definition) is 1. The van der Waals surface area contributed by atoms with E-state index in [9.17, 15) is 10.1 Å². The van der Waals surface area contributed by atoms with Crippen LogP contribution in [0.1, 0.15) is 37.7 Å².